The van der Waals surface area contributed by atoms with Crippen LogP contribution in [0.15, 0.2) is 29.3 Å². The number of amides is 1. The van der Waals surface area contributed by atoms with Crippen molar-refractivity contribution in [1.29, 1.82) is 0 Å². The van der Waals surface area contributed by atoms with Crippen LogP contribution in [-0.2, 0) is 14.6 Å². The van der Waals surface area contributed by atoms with Crippen LogP contribution in [0.4, 0.5) is 15.0 Å². The second-order valence-corrected chi connectivity index (χ2v) is 13.6. The van der Waals surface area contributed by atoms with Gasteiger partial charge in [-0.2, -0.15) is 5.10 Å². The molecule has 3 aromatic rings. The van der Waals surface area contributed by atoms with E-state index in [0.29, 0.717) is 48.9 Å². The predicted octanol–water partition coefficient (Wildman–Crippen LogP) is 3.58. The van der Waals surface area contributed by atoms with E-state index in [-0.39, 0.29) is 22.4 Å². The summed E-state index contributed by atoms with van der Waals surface area (Å²) in [7, 11) is 0.426. The summed E-state index contributed by atoms with van der Waals surface area (Å²) in [5, 5.41) is 7.73. The monoisotopic (exact) mass is 575 g/mol. The third kappa shape index (κ3) is 7.25. The SMILES string of the molecule is CN(C)CCN(CC1CCN(C(=O)OC(C)(C)C)CC1)c1nc(-c2ccc(S(C)(=O)=O)cc2F)nc2[nH]ncc12. The number of benzene rings is 1. The molecule has 1 saturated heterocycles. The number of carbonyl (C=O) groups is 1. The highest BCUT2D eigenvalue weighted by molar-refractivity contribution is 7.90. The van der Waals surface area contributed by atoms with E-state index < -0.39 is 21.3 Å². The van der Waals surface area contributed by atoms with Gasteiger partial charge >= 0.3 is 6.09 Å². The van der Waals surface area contributed by atoms with Crippen molar-refractivity contribution in [3.8, 4) is 11.4 Å². The lowest BCUT2D eigenvalue weighted by Crippen LogP contribution is -2.44. The molecule has 2 aromatic heterocycles. The van der Waals surface area contributed by atoms with Gasteiger partial charge in [-0.15, -0.1) is 0 Å². The van der Waals surface area contributed by atoms with Crippen molar-refractivity contribution in [3.63, 3.8) is 0 Å². The number of piperidine rings is 1. The fraction of sp³-hybridized carbons (Fsp3) is 0.556. The molecule has 1 N–H and O–H groups in total. The Morgan fingerprint density at radius 3 is 2.48 bits per heavy atom. The number of hydrogen-bond donors (Lipinski definition) is 1. The largest absolute Gasteiger partial charge is 0.444 e. The van der Waals surface area contributed by atoms with Crippen LogP contribution in [-0.4, -0.2) is 103 Å². The number of anilines is 1. The van der Waals surface area contributed by atoms with E-state index in [0.717, 1.165) is 31.7 Å². The Hall–Kier alpha value is -3.32. The fourth-order valence-corrected chi connectivity index (χ4v) is 5.26. The molecule has 1 aliphatic rings. The zero-order valence-electron chi connectivity index (χ0n) is 23.9. The summed E-state index contributed by atoms with van der Waals surface area (Å²) in [6.45, 7) is 8.89. The van der Waals surface area contributed by atoms with E-state index in [1.54, 1.807) is 11.1 Å². The van der Waals surface area contributed by atoms with Gasteiger partial charge in [0.25, 0.3) is 0 Å². The molecule has 4 rings (SSSR count). The van der Waals surface area contributed by atoms with E-state index in [1.807, 2.05) is 34.9 Å². The van der Waals surface area contributed by atoms with Gasteiger partial charge in [-0.05, 0) is 71.8 Å². The van der Waals surface area contributed by atoms with Crippen molar-refractivity contribution in [3.05, 3.63) is 30.2 Å². The normalized spacial score (nSPS) is 15.2. The minimum atomic E-state index is -3.56. The molecule has 11 nitrogen and oxygen atoms in total. The van der Waals surface area contributed by atoms with E-state index in [2.05, 4.69) is 25.0 Å². The topological polar surface area (TPSA) is 125 Å². The van der Waals surface area contributed by atoms with Crippen molar-refractivity contribution in [2.45, 2.75) is 44.1 Å². The minimum absolute atomic E-state index is 0.100. The van der Waals surface area contributed by atoms with Crippen LogP contribution in [0.25, 0.3) is 22.4 Å². The molecule has 1 aliphatic heterocycles. The van der Waals surface area contributed by atoms with Crippen molar-refractivity contribution < 1.29 is 22.3 Å². The van der Waals surface area contributed by atoms with Crippen molar-refractivity contribution in [2.24, 2.45) is 5.92 Å². The number of likely N-dealkylation sites (tertiary alicyclic amines) is 1. The maximum absolute atomic E-state index is 15.1. The number of ether oxygens (including phenoxy) is 1. The van der Waals surface area contributed by atoms with Gasteiger partial charge in [-0.25, -0.2) is 27.6 Å². The van der Waals surface area contributed by atoms with Crippen LogP contribution in [0, 0.1) is 11.7 Å². The number of H-pyrrole nitrogens is 1. The molecule has 13 heteroatoms. The predicted molar refractivity (Wildman–Crippen MR) is 151 cm³/mol. The van der Waals surface area contributed by atoms with Crippen LogP contribution in [0.5, 0.6) is 0 Å². The molecular formula is C27H38FN7O4S. The highest BCUT2D eigenvalue weighted by Gasteiger charge is 2.29. The van der Waals surface area contributed by atoms with Crippen LogP contribution in [0.3, 0.4) is 0 Å². The maximum Gasteiger partial charge on any atom is 0.410 e. The first-order valence-electron chi connectivity index (χ1n) is 13.3. The number of sulfone groups is 1. The van der Waals surface area contributed by atoms with Crippen LogP contribution in [0.2, 0.25) is 0 Å². The summed E-state index contributed by atoms with van der Waals surface area (Å²) in [5.41, 5.74) is 0.0203. The van der Waals surface area contributed by atoms with E-state index in [1.165, 1.54) is 12.1 Å². The quantitative estimate of drug-likeness (QED) is 0.429. The van der Waals surface area contributed by atoms with Gasteiger partial charge in [0.05, 0.1) is 22.0 Å². The number of rotatable bonds is 8. The molecule has 0 saturated carbocycles. The van der Waals surface area contributed by atoms with Crippen molar-refractivity contribution >= 4 is 32.8 Å². The first-order valence-corrected chi connectivity index (χ1v) is 15.2. The molecule has 218 valence electrons. The van der Waals surface area contributed by atoms with Gasteiger partial charge in [-0.3, -0.25) is 5.10 Å². The number of halogens is 1. The Morgan fingerprint density at radius 1 is 1.18 bits per heavy atom. The highest BCUT2D eigenvalue weighted by Crippen LogP contribution is 2.30. The first kappa shape index (κ1) is 29.7. The summed E-state index contributed by atoms with van der Waals surface area (Å²) in [6.07, 6.45) is 4.02. The lowest BCUT2D eigenvalue weighted by atomic mass is 9.96. The summed E-state index contributed by atoms with van der Waals surface area (Å²) >= 11 is 0. The number of nitrogens with zero attached hydrogens (tertiary/aromatic N) is 6. The average Bonchev–Trinajstić information content (AvgIpc) is 3.33. The van der Waals surface area contributed by atoms with Gasteiger partial charge in [0, 0.05) is 39.0 Å². The molecule has 0 spiro atoms. The zero-order valence-corrected chi connectivity index (χ0v) is 24.8. The number of aromatic amines is 1. The number of hydrogen-bond acceptors (Lipinski definition) is 9. The number of likely N-dealkylation sites (N-methyl/N-ethyl adjacent to an activating group) is 1. The first-order chi connectivity index (χ1) is 18.7. The highest BCUT2D eigenvalue weighted by atomic mass is 32.2. The molecule has 1 aromatic carbocycles. The molecule has 1 amide bonds. The third-order valence-electron chi connectivity index (χ3n) is 6.76. The Labute approximate surface area is 234 Å². The van der Waals surface area contributed by atoms with Crippen LogP contribution in [0.1, 0.15) is 33.6 Å². The number of aromatic nitrogens is 4. The van der Waals surface area contributed by atoms with Crippen LogP contribution < -0.4 is 4.90 Å². The maximum atomic E-state index is 15.1. The van der Waals surface area contributed by atoms with Gasteiger partial charge < -0.3 is 19.4 Å². The fourth-order valence-electron chi connectivity index (χ4n) is 4.63. The number of carbonyl (C=O) groups excluding carboxylic acids is 1. The number of fused-ring (bicyclic) bond motifs is 1. The molecule has 0 bridgehead atoms. The lowest BCUT2D eigenvalue weighted by molar-refractivity contribution is 0.0186. The van der Waals surface area contributed by atoms with Gasteiger partial charge in [0.2, 0.25) is 0 Å². The summed E-state index contributed by atoms with van der Waals surface area (Å²) < 4.78 is 44.5. The van der Waals surface area contributed by atoms with E-state index in [4.69, 9.17) is 9.72 Å². The average molecular weight is 576 g/mol. The molecule has 3 heterocycles. The number of nitrogens with one attached hydrogen (secondary N) is 1. The Balaban J connectivity index is 1.62. The second kappa shape index (κ2) is 11.7. The van der Waals surface area contributed by atoms with E-state index >= 15 is 4.39 Å². The molecule has 0 atom stereocenters. The molecule has 0 aliphatic carbocycles. The van der Waals surface area contributed by atoms with Gasteiger partial charge in [-0.1, -0.05) is 0 Å². The zero-order chi connectivity index (χ0) is 29.2. The molecule has 40 heavy (non-hydrogen) atoms. The van der Waals surface area contributed by atoms with Gasteiger partial charge in [0.1, 0.15) is 17.2 Å². The lowest BCUT2D eigenvalue weighted by Gasteiger charge is -2.36. The summed E-state index contributed by atoms with van der Waals surface area (Å²) in [5.74, 6) is 0.338. The Kier molecular flexibility index (Phi) is 8.64. The van der Waals surface area contributed by atoms with Crippen molar-refractivity contribution in [1.82, 2.24) is 30.0 Å². The van der Waals surface area contributed by atoms with Crippen molar-refractivity contribution in [2.75, 3.05) is 58.0 Å². The van der Waals surface area contributed by atoms with E-state index in [9.17, 15) is 13.2 Å². The molecular weight excluding hydrogens is 537 g/mol. The standard InChI is InChI=1S/C27H38FN7O4S/c1-27(2,3)39-26(36)34-11-9-18(10-12-34)17-35(14-13-33(4)5)25-21-16-29-32-24(21)30-23(31-25)20-8-7-19(15-22(20)28)40(6,37)38/h7-8,15-16,18H,9-14,17H2,1-6H3,(H,29,30,31,32). The Bertz CT molecular complexity index is 1460. The molecule has 0 radical (unpaired) electrons. The second-order valence-electron chi connectivity index (χ2n) is 11.6. The summed E-state index contributed by atoms with van der Waals surface area (Å²) in [4.78, 5) is 27.7. The Morgan fingerprint density at radius 2 is 1.88 bits per heavy atom. The van der Waals surface area contributed by atoms with Gasteiger partial charge in [0.15, 0.2) is 21.3 Å². The summed E-state index contributed by atoms with van der Waals surface area (Å²) in [6, 6.07) is 3.74. The minimum Gasteiger partial charge on any atom is -0.444 e. The third-order valence-corrected chi connectivity index (χ3v) is 7.87. The molecule has 1 fully saturated rings. The molecule has 0 unspecified atom stereocenters. The van der Waals surface area contributed by atoms with Crippen LogP contribution >= 0.6 is 0 Å². The smallest absolute Gasteiger partial charge is 0.410 e.